The molecule has 0 fully saturated rings. The fraction of sp³-hybridized carbons (Fsp3) is 0.333. The third kappa shape index (κ3) is 3.07. The number of aryl methyl sites for hydroxylation is 3. The van der Waals surface area contributed by atoms with E-state index in [2.05, 4.69) is 0 Å². The third-order valence-corrected chi connectivity index (χ3v) is 3.81. The molecule has 0 saturated heterocycles. The van der Waals surface area contributed by atoms with Crippen molar-refractivity contribution in [2.45, 2.75) is 39.7 Å². The van der Waals surface area contributed by atoms with Crippen molar-refractivity contribution in [2.75, 3.05) is 0 Å². The van der Waals surface area contributed by atoms with E-state index in [1.165, 1.54) is 12.1 Å². The SMILES string of the molecule is Cc1ccc(C)c(C(C)(O)Cc2ccc(F)cc2C)c1. The minimum Gasteiger partial charge on any atom is -0.385 e. The molecule has 2 aromatic rings. The lowest BCUT2D eigenvalue weighted by Crippen LogP contribution is -2.26. The second kappa shape index (κ2) is 5.37. The van der Waals surface area contributed by atoms with Gasteiger partial charge in [0.2, 0.25) is 0 Å². The lowest BCUT2D eigenvalue weighted by molar-refractivity contribution is 0.0567. The highest BCUT2D eigenvalue weighted by Gasteiger charge is 2.26. The summed E-state index contributed by atoms with van der Waals surface area (Å²) in [4.78, 5) is 0. The summed E-state index contributed by atoms with van der Waals surface area (Å²) in [6.07, 6.45) is 0.476. The van der Waals surface area contributed by atoms with Gasteiger partial charge in [-0.05, 0) is 62.1 Å². The zero-order valence-electron chi connectivity index (χ0n) is 12.5. The molecule has 0 aromatic heterocycles. The van der Waals surface area contributed by atoms with Crippen LogP contribution in [0.3, 0.4) is 0 Å². The van der Waals surface area contributed by atoms with Gasteiger partial charge in [-0.15, -0.1) is 0 Å². The van der Waals surface area contributed by atoms with Crippen LogP contribution >= 0.6 is 0 Å². The van der Waals surface area contributed by atoms with Gasteiger partial charge in [0.15, 0.2) is 0 Å². The molecule has 0 aliphatic rings. The maximum absolute atomic E-state index is 13.2. The topological polar surface area (TPSA) is 20.2 Å². The van der Waals surface area contributed by atoms with Gasteiger partial charge in [-0.1, -0.05) is 29.8 Å². The molecule has 0 heterocycles. The highest BCUT2D eigenvalue weighted by Crippen LogP contribution is 2.30. The van der Waals surface area contributed by atoms with E-state index < -0.39 is 5.60 Å². The van der Waals surface area contributed by atoms with Crippen LogP contribution in [-0.2, 0) is 12.0 Å². The summed E-state index contributed by atoms with van der Waals surface area (Å²) in [6, 6.07) is 10.8. The van der Waals surface area contributed by atoms with Crippen LogP contribution in [0.2, 0.25) is 0 Å². The van der Waals surface area contributed by atoms with Crippen molar-refractivity contribution >= 4 is 0 Å². The van der Waals surface area contributed by atoms with Gasteiger partial charge in [-0.25, -0.2) is 4.39 Å². The second-order valence-electron chi connectivity index (χ2n) is 5.84. The quantitative estimate of drug-likeness (QED) is 0.887. The van der Waals surface area contributed by atoms with Crippen LogP contribution in [0.25, 0.3) is 0 Å². The summed E-state index contributed by atoms with van der Waals surface area (Å²) in [5.41, 5.74) is 4.01. The summed E-state index contributed by atoms with van der Waals surface area (Å²) in [7, 11) is 0. The summed E-state index contributed by atoms with van der Waals surface area (Å²) in [5.74, 6) is -0.238. The van der Waals surface area contributed by atoms with Gasteiger partial charge in [0.05, 0.1) is 5.60 Å². The standard InChI is InChI=1S/C18H21FO/c1-12-5-6-13(2)17(9-12)18(4,20)11-15-7-8-16(19)10-14(15)3/h5-10,20H,11H2,1-4H3. The normalized spacial score (nSPS) is 14.1. The molecule has 1 N–H and O–H groups in total. The molecule has 0 aliphatic heterocycles. The van der Waals surface area contributed by atoms with Crippen LogP contribution in [0.4, 0.5) is 4.39 Å². The zero-order chi connectivity index (χ0) is 14.9. The number of hydrogen-bond acceptors (Lipinski definition) is 1. The van der Waals surface area contributed by atoms with Crippen molar-refractivity contribution in [3.05, 3.63) is 70.0 Å². The van der Waals surface area contributed by atoms with E-state index in [0.717, 1.165) is 27.8 Å². The molecule has 0 amide bonds. The van der Waals surface area contributed by atoms with Gasteiger partial charge < -0.3 is 5.11 Å². The van der Waals surface area contributed by atoms with Crippen LogP contribution in [0.1, 0.15) is 34.7 Å². The van der Waals surface area contributed by atoms with Crippen LogP contribution in [-0.4, -0.2) is 5.11 Å². The van der Waals surface area contributed by atoms with E-state index >= 15 is 0 Å². The minimum atomic E-state index is -0.960. The molecule has 0 saturated carbocycles. The third-order valence-electron chi connectivity index (χ3n) is 3.81. The van der Waals surface area contributed by atoms with Crippen LogP contribution in [0.5, 0.6) is 0 Å². The summed E-state index contributed by atoms with van der Waals surface area (Å²) < 4.78 is 13.2. The first kappa shape index (κ1) is 14.7. The average Bonchev–Trinajstić information content (AvgIpc) is 2.35. The van der Waals surface area contributed by atoms with E-state index in [0.29, 0.717) is 6.42 Å². The molecule has 0 radical (unpaired) electrons. The average molecular weight is 272 g/mol. The first-order valence-electron chi connectivity index (χ1n) is 6.85. The Morgan fingerprint density at radius 3 is 2.35 bits per heavy atom. The van der Waals surface area contributed by atoms with Crippen molar-refractivity contribution in [3.8, 4) is 0 Å². The molecular formula is C18H21FO. The van der Waals surface area contributed by atoms with E-state index in [1.54, 1.807) is 6.07 Å². The van der Waals surface area contributed by atoms with Crippen molar-refractivity contribution in [1.29, 1.82) is 0 Å². The van der Waals surface area contributed by atoms with Crippen LogP contribution < -0.4 is 0 Å². The molecule has 0 bridgehead atoms. The molecule has 0 aliphatic carbocycles. The van der Waals surface area contributed by atoms with Gasteiger partial charge in [-0.3, -0.25) is 0 Å². The Morgan fingerprint density at radius 1 is 1.00 bits per heavy atom. The minimum absolute atomic E-state index is 0.238. The predicted molar refractivity (Wildman–Crippen MR) is 80.3 cm³/mol. The van der Waals surface area contributed by atoms with E-state index in [9.17, 15) is 9.50 Å². The van der Waals surface area contributed by atoms with E-state index in [1.807, 2.05) is 45.9 Å². The van der Waals surface area contributed by atoms with E-state index in [-0.39, 0.29) is 5.82 Å². The Hall–Kier alpha value is -1.67. The Kier molecular flexibility index (Phi) is 3.96. The number of halogens is 1. The Bertz CT molecular complexity index is 629. The first-order valence-corrected chi connectivity index (χ1v) is 6.85. The largest absolute Gasteiger partial charge is 0.385 e. The molecular weight excluding hydrogens is 251 g/mol. The molecule has 2 heteroatoms. The van der Waals surface area contributed by atoms with Crippen LogP contribution in [0, 0.1) is 26.6 Å². The van der Waals surface area contributed by atoms with Crippen molar-refractivity contribution in [3.63, 3.8) is 0 Å². The fourth-order valence-corrected chi connectivity index (χ4v) is 2.64. The maximum atomic E-state index is 13.2. The van der Waals surface area contributed by atoms with E-state index in [4.69, 9.17) is 0 Å². The predicted octanol–water partition coefficient (Wildman–Crippen LogP) is 4.20. The Morgan fingerprint density at radius 2 is 1.70 bits per heavy atom. The summed E-state index contributed by atoms with van der Waals surface area (Å²) >= 11 is 0. The first-order chi connectivity index (χ1) is 9.29. The highest BCUT2D eigenvalue weighted by molar-refractivity contribution is 5.37. The molecule has 20 heavy (non-hydrogen) atoms. The van der Waals surface area contributed by atoms with Crippen LogP contribution in [0.15, 0.2) is 36.4 Å². The Balaban J connectivity index is 2.37. The monoisotopic (exact) mass is 272 g/mol. The van der Waals surface area contributed by atoms with Gasteiger partial charge >= 0.3 is 0 Å². The smallest absolute Gasteiger partial charge is 0.123 e. The zero-order valence-corrected chi connectivity index (χ0v) is 12.5. The number of hydrogen-bond donors (Lipinski definition) is 1. The molecule has 106 valence electrons. The number of rotatable bonds is 3. The van der Waals surface area contributed by atoms with Gasteiger partial charge in [0.25, 0.3) is 0 Å². The molecule has 0 spiro atoms. The molecule has 1 nitrogen and oxygen atoms in total. The number of aliphatic hydroxyl groups is 1. The van der Waals surface area contributed by atoms with Gasteiger partial charge in [0, 0.05) is 6.42 Å². The molecule has 2 aromatic carbocycles. The summed E-state index contributed by atoms with van der Waals surface area (Å²) in [6.45, 7) is 7.71. The molecule has 1 atom stereocenters. The fourth-order valence-electron chi connectivity index (χ4n) is 2.64. The van der Waals surface area contributed by atoms with Gasteiger partial charge in [-0.2, -0.15) is 0 Å². The van der Waals surface area contributed by atoms with Crippen molar-refractivity contribution in [1.82, 2.24) is 0 Å². The highest BCUT2D eigenvalue weighted by atomic mass is 19.1. The molecule has 1 unspecified atom stereocenters. The molecule has 2 rings (SSSR count). The van der Waals surface area contributed by atoms with Crippen molar-refractivity contribution < 1.29 is 9.50 Å². The lowest BCUT2D eigenvalue weighted by atomic mass is 9.84. The maximum Gasteiger partial charge on any atom is 0.123 e. The lowest BCUT2D eigenvalue weighted by Gasteiger charge is -2.27. The summed E-state index contributed by atoms with van der Waals surface area (Å²) in [5, 5.41) is 10.8. The Labute approximate surface area is 120 Å². The van der Waals surface area contributed by atoms with Gasteiger partial charge in [0.1, 0.15) is 5.82 Å². The van der Waals surface area contributed by atoms with Crippen molar-refractivity contribution in [2.24, 2.45) is 0 Å². The second-order valence-corrected chi connectivity index (χ2v) is 5.84. The number of benzene rings is 2.